The number of rotatable bonds is 7. The van der Waals surface area contributed by atoms with Crippen LogP contribution < -0.4 is 10.0 Å². The van der Waals surface area contributed by atoms with Crippen molar-refractivity contribution < 1.29 is 13.2 Å². The first-order valence-electron chi connectivity index (χ1n) is 9.72. The van der Waals surface area contributed by atoms with Crippen molar-refractivity contribution in [3.8, 4) is 5.69 Å². The van der Waals surface area contributed by atoms with Crippen LogP contribution in [-0.2, 0) is 10.0 Å². The second-order valence-corrected chi connectivity index (χ2v) is 9.21. The van der Waals surface area contributed by atoms with Crippen molar-refractivity contribution in [3.05, 3.63) is 71.8 Å². The molecule has 1 aromatic heterocycles. The van der Waals surface area contributed by atoms with Crippen molar-refractivity contribution in [2.75, 3.05) is 0 Å². The Labute approximate surface area is 175 Å². The maximum Gasteiger partial charge on any atom is 0.252 e. The Hall–Kier alpha value is -3.04. The lowest BCUT2D eigenvalue weighted by atomic mass is 10.1. The summed E-state index contributed by atoms with van der Waals surface area (Å²) in [7, 11) is -3.62. The molecule has 1 amide bonds. The third kappa shape index (κ3) is 4.42. The van der Waals surface area contributed by atoms with Crippen molar-refractivity contribution in [2.24, 2.45) is 0 Å². The van der Waals surface area contributed by atoms with E-state index in [1.165, 1.54) is 18.5 Å². The summed E-state index contributed by atoms with van der Waals surface area (Å²) in [5.41, 5.74) is 2.85. The van der Waals surface area contributed by atoms with Gasteiger partial charge in [0.05, 0.1) is 16.6 Å². The molecule has 3 aromatic rings. The highest BCUT2D eigenvalue weighted by atomic mass is 32.2. The van der Waals surface area contributed by atoms with Gasteiger partial charge in [-0.1, -0.05) is 18.2 Å². The number of aryl methyl sites for hydroxylation is 1. The molecular weight excluding hydrogens is 402 g/mol. The monoisotopic (exact) mass is 425 g/mol. The Morgan fingerprint density at radius 2 is 1.90 bits per heavy atom. The zero-order valence-electron chi connectivity index (χ0n) is 16.7. The van der Waals surface area contributed by atoms with E-state index in [4.69, 9.17) is 0 Å². The van der Waals surface area contributed by atoms with Crippen molar-refractivity contribution in [1.29, 1.82) is 0 Å². The van der Waals surface area contributed by atoms with Gasteiger partial charge in [-0.15, -0.1) is 0 Å². The van der Waals surface area contributed by atoms with E-state index in [-0.39, 0.29) is 22.9 Å². The van der Waals surface area contributed by atoms with Crippen LogP contribution in [0.2, 0.25) is 0 Å². The molecule has 156 valence electrons. The normalized spacial score (nSPS) is 15.0. The van der Waals surface area contributed by atoms with E-state index in [2.05, 4.69) is 20.1 Å². The Morgan fingerprint density at radius 1 is 1.17 bits per heavy atom. The maximum atomic E-state index is 12.9. The predicted octanol–water partition coefficient (Wildman–Crippen LogP) is 2.51. The topological polar surface area (TPSA) is 106 Å². The molecule has 1 aliphatic carbocycles. The highest BCUT2D eigenvalue weighted by Gasteiger charge is 2.28. The smallest absolute Gasteiger partial charge is 0.252 e. The molecule has 1 aliphatic rings. The number of amides is 1. The van der Waals surface area contributed by atoms with Gasteiger partial charge in [0.25, 0.3) is 5.91 Å². The molecule has 0 bridgehead atoms. The zero-order chi connectivity index (χ0) is 21.3. The Balaban J connectivity index is 1.49. The van der Waals surface area contributed by atoms with Crippen LogP contribution in [0.4, 0.5) is 0 Å². The van der Waals surface area contributed by atoms with Crippen LogP contribution in [0.25, 0.3) is 5.69 Å². The minimum Gasteiger partial charge on any atom is -0.346 e. The lowest BCUT2D eigenvalue weighted by Crippen LogP contribution is -2.29. The SMILES string of the molecule is Cc1ccc(S(=O)(=O)NC2CC2)cc1C(=O)N[C@H](C)c1ccc(-n2cncn2)cc1. The van der Waals surface area contributed by atoms with Crippen LogP contribution in [0.15, 0.2) is 60.0 Å². The highest BCUT2D eigenvalue weighted by Crippen LogP contribution is 2.24. The van der Waals surface area contributed by atoms with Gasteiger partial charge >= 0.3 is 0 Å². The van der Waals surface area contributed by atoms with Crippen molar-refractivity contribution >= 4 is 15.9 Å². The maximum absolute atomic E-state index is 12.9. The van der Waals surface area contributed by atoms with Gasteiger partial charge in [-0.3, -0.25) is 4.79 Å². The number of hydrogen-bond donors (Lipinski definition) is 2. The van der Waals surface area contributed by atoms with Crippen LogP contribution >= 0.6 is 0 Å². The summed E-state index contributed by atoms with van der Waals surface area (Å²) < 4.78 is 29.3. The van der Waals surface area contributed by atoms with Gasteiger partial charge in [0.1, 0.15) is 12.7 Å². The minimum atomic E-state index is -3.62. The second-order valence-electron chi connectivity index (χ2n) is 7.50. The molecule has 1 saturated carbocycles. The molecule has 2 aromatic carbocycles. The lowest BCUT2D eigenvalue weighted by Gasteiger charge is -2.16. The summed E-state index contributed by atoms with van der Waals surface area (Å²) in [6.07, 6.45) is 4.78. The van der Waals surface area contributed by atoms with Gasteiger partial charge < -0.3 is 5.32 Å². The van der Waals surface area contributed by atoms with Gasteiger partial charge in [-0.25, -0.2) is 22.8 Å². The van der Waals surface area contributed by atoms with Crippen molar-refractivity contribution in [1.82, 2.24) is 24.8 Å². The molecule has 1 heterocycles. The van der Waals surface area contributed by atoms with Gasteiger partial charge in [0.15, 0.2) is 0 Å². The van der Waals surface area contributed by atoms with Crippen LogP contribution in [-0.4, -0.2) is 35.1 Å². The number of carbonyl (C=O) groups is 1. The molecule has 0 radical (unpaired) electrons. The molecule has 1 atom stereocenters. The Bertz CT molecular complexity index is 1150. The number of sulfonamides is 1. The molecule has 0 saturated heterocycles. The number of benzene rings is 2. The van der Waals surface area contributed by atoms with E-state index in [0.717, 1.165) is 24.1 Å². The molecular formula is C21H23N5O3S. The van der Waals surface area contributed by atoms with E-state index in [9.17, 15) is 13.2 Å². The number of aromatic nitrogens is 3. The summed E-state index contributed by atoms with van der Waals surface area (Å²) >= 11 is 0. The first-order chi connectivity index (χ1) is 14.3. The van der Waals surface area contributed by atoms with E-state index >= 15 is 0 Å². The van der Waals surface area contributed by atoms with E-state index in [1.807, 2.05) is 31.2 Å². The molecule has 0 spiro atoms. The number of nitrogens with one attached hydrogen (secondary N) is 2. The zero-order valence-corrected chi connectivity index (χ0v) is 17.6. The van der Waals surface area contributed by atoms with E-state index in [1.54, 1.807) is 24.0 Å². The van der Waals surface area contributed by atoms with Crippen molar-refractivity contribution in [2.45, 2.75) is 43.7 Å². The van der Waals surface area contributed by atoms with Gasteiger partial charge in [-0.2, -0.15) is 5.10 Å². The number of nitrogens with zero attached hydrogens (tertiary/aromatic N) is 3. The first kappa shape index (κ1) is 20.2. The average molecular weight is 426 g/mol. The summed E-state index contributed by atoms with van der Waals surface area (Å²) in [6, 6.07) is 12.0. The molecule has 0 aliphatic heterocycles. The van der Waals surface area contributed by atoms with Crippen LogP contribution in [0.1, 0.15) is 47.3 Å². The predicted molar refractivity (Wildman–Crippen MR) is 112 cm³/mol. The van der Waals surface area contributed by atoms with Gasteiger partial charge in [0.2, 0.25) is 10.0 Å². The molecule has 0 unspecified atom stereocenters. The fraction of sp³-hybridized carbons (Fsp3) is 0.286. The molecule has 30 heavy (non-hydrogen) atoms. The van der Waals surface area contributed by atoms with E-state index < -0.39 is 10.0 Å². The van der Waals surface area contributed by atoms with Crippen molar-refractivity contribution in [3.63, 3.8) is 0 Å². The Morgan fingerprint density at radius 3 is 2.53 bits per heavy atom. The first-order valence-corrected chi connectivity index (χ1v) is 11.2. The summed E-state index contributed by atoms with van der Waals surface area (Å²) in [5.74, 6) is -0.316. The largest absolute Gasteiger partial charge is 0.346 e. The van der Waals surface area contributed by atoms with Crippen LogP contribution in [0.5, 0.6) is 0 Å². The Kier molecular flexibility index (Phi) is 5.40. The molecule has 1 fully saturated rings. The second kappa shape index (κ2) is 8.00. The quantitative estimate of drug-likeness (QED) is 0.605. The third-order valence-electron chi connectivity index (χ3n) is 5.09. The standard InChI is InChI=1S/C21H23N5O3S/c1-14-3-10-19(30(28,29)25-17-6-7-17)11-20(14)21(27)24-15(2)16-4-8-18(9-5-16)26-13-22-12-23-26/h3-5,8-13,15,17,25H,6-7H2,1-2H3,(H,24,27)/t15-/m1/s1. The van der Waals surface area contributed by atoms with Crippen LogP contribution in [0.3, 0.4) is 0 Å². The molecule has 9 heteroatoms. The highest BCUT2D eigenvalue weighted by molar-refractivity contribution is 7.89. The molecule has 2 N–H and O–H groups in total. The minimum absolute atomic E-state index is 0.00842. The molecule has 4 rings (SSSR count). The average Bonchev–Trinajstić information content (AvgIpc) is 3.35. The number of carbonyl (C=O) groups excluding carboxylic acids is 1. The fourth-order valence-electron chi connectivity index (χ4n) is 3.12. The fourth-order valence-corrected chi connectivity index (χ4v) is 4.45. The lowest BCUT2D eigenvalue weighted by molar-refractivity contribution is 0.0939. The van der Waals surface area contributed by atoms with Gasteiger partial charge in [-0.05, 0) is 62.1 Å². The van der Waals surface area contributed by atoms with Crippen LogP contribution in [0, 0.1) is 6.92 Å². The summed E-state index contributed by atoms with van der Waals surface area (Å²) in [4.78, 5) is 16.9. The molecule has 8 nitrogen and oxygen atoms in total. The summed E-state index contributed by atoms with van der Waals surface area (Å²) in [6.45, 7) is 3.67. The van der Waals surface area contributed by atoms with E-state index in [0.29, 0.717) is 11.1 Å². The summed E-state index contributed by atoms with van der Waals surface area (Å²) in [5, 5.41) is 7.04. The third-order valence-corrected chi connectivity index (χ3v) is 6.61. The van der Waals surface area contributed by atoms with Gasteiger partial charge in [0, 0.05) is 11.6 Å². The number of hydrogen-bond acceptors (Lipinski definition) is 5.